The molecule has 1 fully saturated rings. The van der Waals surface area contributed by atoms with Crippen LogP contribution in [-0.2, 0) is 30.0 Å². The number of hydrogen-bond donors (Lipinski definition) is 1. The van der Waals surface area contributed by atoms with Crippen LogP contribution in [0, 0.1) is 5.82 Å². The highest BCUT2D eigenvalue weighted by Gasteiger charge is 2.38. The average molecular weight is 465 g/mol. The van der Waals surface area contributed by atoms with Crippen LogP contribution in [0.15, 0.2) is 42.6 Å². The van der Waals surface area contributed by atoms with E-state index in [4.69, 9.17) is 4.74 Å². The molecule has 33 heavy (non-hydrogen) atoms. The normalized spacial score (nSPS) is 16.3. The molecule has 4 rings (SSSR count). The van der Waals surface area contributed by atoms with Crippen molar-refractivity contribution >= 4 is 17.0 Å². The first-order valence-electron chi connectivity index (χ1n) is 10.4. The smallest absolute Gasteiger partial charge is 0.416 e. The molecule has 0 atom stereocenters. The maximum absolute atomic E-state index is 13.5. The van der Waals surface area contributed by atoms with Gasteiger partial charge in [-0.3, -0.25) is 4.68 Å². The molecular formula is C23H23F4N3O3. The van der Waals surface area contributed by atoms with E-state index < -0.39 is 23.2 Å². The molecule has 1 aliphatic rings. The number of likely N-dealkylation sites (tertiary alicyclic amines) is 1. The van der Waals surface area contributed by atoms with Crippen molar-refractivity contribution in [2.45, 2.75) is 31.0 Å². The minimum Gasteiger partial charge on any atom is -0.465 e. The molecule has 0 aliphatic carbocycles. The Morgan fingerprint density at radius 1 is 1.18 bits per heavy atom. The van der Waals surface area contributed by atoms with E-state index in [1.54, 1.807) is 19.2 Å². The van der Waals surface area contributed by atoms with Crippen LogP contribution in [0.1, 0.15) is 29.5 Å². The molecule has 1 aliphatic heterocycles. The molecule has 0 saturated carbocycles. The molecule has 0 unspecified atom stereocenters. The Morgan fingerprint density at radius 3 is 2.45 bits per heavy atom. The third kappa shape index (κ3) is 4.66. The Labute approximate surface area is 187 Å². The Hall–Kier alpha value is -3.14. The summed E-state index contributed by atoms with van der Waals surface area (Å²) in [7, 11) is 1.65. The number of amides is 1. The summed E-state index contributed by atoms with van der Waals surface area (Å²) in [5, 5.41) is 13.7. The molecule has 1 N–H and O–H groups in total. The zero-order valence-electron chi connectivity index (χ0n) is 17.9. The van der Waals surface area contributed by atoms with Gasteiger partial charge in [0.1, 0.15) is 5.82 Å². The molecular weight excluding hydrogens is 442 g/mol. The van der Waals surface area contributed by atoms with E-state index in [9.17, 15) is 27.5 Å². The number of rotatable bonds is 5. The lowest BCUT2D eigenvalue weighted by Gasteiger charge is -2.41. The van der Waals surface area contributed by atoms with Gasteiger partial charge >= 0.3 is 12.3 Å². The van der Waals surface area contributed by atoms with Crippen LogP contribution in [-0.4, -0.2) is 45.6 Å². The molecule has 2 aromatic carbocycles. The number of aromatic nitrogens is 2. The number of nitrogens with zero attached hydrogens (tertiary/aromatic N) is 3. The quantitative estimate of drug-likeness (QED) is 0.541. The zero-order valence-corrected chi connectivity index (χ0v) is 17.9. The highest BCUT2D eigenvalue weighted by Crippen LogP contribution is 2.37. The van der Waals surface area contributed by atoms with Crippen molar-refractivity contribution in [3.8, 4) is 0 Å². The standard InChI is InChI=1S/C23H23F4N3O3/c1-29-20-15(12-28-29)10-18(23(25,26)27)11-16(20)13-33-14-22(17-2-4-19(24)5-3-17)6-8-30(9-7-22)21(31)32/h2-5,10-12H,6-9,13-14H2,1H3,(H,31,32). The minimum absolute atomic E-state index is 0.0778. The number of fused-ring (bicyclic) bond motifs is 1. The average Bonchev–Trinajstić information content (AvgIpc) is 3.15. The maximum atomic E-state index is 13.5. The number of carbonyl (C=O) groups is 1. The number of carboxylic acid groups (broad SMARTS) is 1. The number of alkyl halides is 3. The molecule has 0 radical (unpaired) electrons. The monoisotopic (exact) mass is 465 g/mol. The van der Waals surface area contributed by atoms with Crippen LogP contribution < -0.4 is 0 Å². The molecule has 6 nitrogen and oxygen atoms in total. The van der Waals surface area contributed by atoms with Gasteiger partial charge in [0.05, 0.1) is 30.5 Å². The zero-order chi connectivity index (χ0) is 23.8. The number of ether oxygens (including phenoxy) is 1. The molecule has 0 bridgehead atoms. The van der Waals surface area contributed by atoms with Crippen molar-refractivity contribution in [3.05, 3.63) is 65.1 Å². The molecule has 176 valence electrons. The maximum Gasteiger partial charge on any atom is 0.416 e. The summed E-state index contributed by atoms with van der Waals surface area (Å²) in [6.45, 7) is 0.643. The molecule has 1 amide bonds. The highest BCUT2D eigenvalue weighted by molar-refractivity contribution is 5.83. The van der Waals surface area contributed by atoms with Gasteiger partial charge in [-0.05, 0) is 42.7 Å². The second-order valence-electron chi connectivity index (χ2n) is 8.39. The van der Waals surface area contributed by atoms with Gasteiger partial charge in [0.25, 0.3) is 0 Å². The fourth-order valence-corrected chi connectivity index (χ4v) is 4.49. The van der Waals surface area contributed by atoms with E-state index in [-0.39, 0.29) is 32.1 Å². The van der Waals surface area contributed by atoms with Gasteiger partial charge in [0.15, 0.2) is 0 Å². The first kappa shape index (κ1) is 23.0. The lowest BCUT2D eigenvalue weighted by atomic mass is 9.73. The van der Waals surface area contributed by atoms with E-state index in [1.807, 2.05) is 0 Å². The van der Waals surface area contributed by atoms with Crippen LogP contribution in [0.4, 0.5) is 22.4 Å². The Bertz CT molecular complexity index is 1150. The van der Waals surface area contributed by atoms with Gasteiger partial charge in [-0.15, -0.1) is 0 Å². The molecule has 3 aromatic rings. The summed E-state index contributed by atoms with van der Waals surface area (Å²) in [5.74, 6) is -0.389. The number of aryl methyl sites for hydroxylation is 1. The SMILES string of the molecule is Cn1ncc2cc(C(F)(F)F)cc(COCC3(c4ccc(F)cc4)CCN(C(=O)O)CC3)c21. The van der Waals surface area contributed by atoms with E-state index in [2.05, 4.69) is 5.10 Å². The molecule has 0 spiro atoms. The predicted molar refractivity (Wildman–Crippen MR) is 112 cm³/mol. The Morgan fingerprint density at radius 2 is 1.85 bits per heavy atom. The first-order chi connectivity index (χ1) is 15.6. The number of halogens is 4. The minimum atomic E-state index is -4.50. The van der Waals surface area contributed by atoms with Gasteiger partial charge in [-0.1, -0.05) is 12.1 Å². The van der Waals surface area contributed by atoms with E-state index in [1.165, 1.54) is 27.9 Å². The summed E-state index contributed by atoms with van der Waals surface area (Å²) in [6, 6.07) is 8.12. The first-order valence-corrected chi connectivity index (χ1v) is 10.4. The highest BCUT2D eigenvalue weighted by atomic mass is 19.4. The fraction of sp³-hybridized carbons (Fsp3) is 0.391. The Balaban J connectivity index is 1.59. The van der Waals surface area contributed by atoms with Crippen LogP contribution in [0.25, 0.3) is 10.9 Å². The molecule has 1 aromatic heterocycles. The summed E-state index contributed by atoms with van der Waals surface area (Å²) >= 11 is 0. The van der Waals surface area contributed by atoms with Crippen LogP contribution >= 0.6 is 0 Å². The van der Waals surface area contributed by atoms with Crippen molar-refractivity contribution in [3.63, 3.8) is 0 Å². The third-order valence-electron chi connectivity index (χ3n) is 6.32. The number of hydrogen-bond acceptors (Lipinski definition) is 3. The van der Waals surface area contributed by atoms with Gasteiger partial charge < -0.3 is 14.7 Å². The van der Waals surface area contributed by atoms with Gasteiger partial charge in [0, 0.05) is 36.5 Å². The third-order valence-corrected chi connectivity index (χ3v) is 6.32. The topological polar surface area (TPSA) is 67.6 Å². The molecule has 2 heterocycles. The van der Waals surface area contributed by atoms with Gasteiger partial charge in [-0.25, -0.2) is 9.18 Å². The lowest BCUT2D eigenvalue weighted by molar-refractivity contribution is -0.137. The van der Waals surface area contributed by atoms with Crippen molar-refractivity contribution < 1.29 is 32.2 Å². The second-order valence-corrected chi connectivity index (χ2v) is 8.39. The molecule has 1 saturated heterocycles. The number of piperidine rings is 1. The van der Waals surface area contributed by atoms with Crippen molar-refractivity contribution in [2.75, 3.05) is 19.7 Å². The summed E-state index contributed by atoms with van der Waals surface area (Å²) in [5.41, 5.74) is 0.372. The summed E-state index contributed by atoms with van der Waals surface area (Å²) < 4.78 is 61.1. The number of benzene rings is 2. The summed E-state index contributed by atoms with van der Waals surface area (Å²) in [6.07, 6.45) is -3.22. The molecule has 10 heteroatoms. The van der Waals surface area contributed by atoms with Crippen molar-refractivity contribution in [2.24, 2.45) is 7.05 Å². The van der Waals surface area contributed by atoms with Crippen LogP contribution in [0.2, 0.25) is 0 Å². The van der Waals surface area contributed by atoms with Crippen LogP contribution in [0.5, 0.6) is 0 Å². The van der Waals surface area contributed by atoms with E-state index in [0.29, 0.717) is 29.3 Å². The van der Waals surface area contributed by atoms with Crippen molar-refractivity contribution in [1.82, 2.24) is 14.7 Å². The second kappa shape index (κ2) is 8.66. The van der Waals surface area contributed by atoms with Crippen LogP contribution in [0.3, 0.4) is 0 Å². The van der Waals surface area contributed by atoms with E-state index in [0.717, 1.165) is 17.7 Å². The fourth-order valence-electron chi connectivity index (χ4n) is 4.49. The predicted octanol–water partition coefficient (Wildman–Crippen LogP) is 4.96. The lowest BCUT2D eigenvalue weighted by Crippen LogP contribution is -2.47. The van der Waals surface area contributed by atoms with Crippen molar-refractivity contribution in [1.29, 1.82) is 0 Å². The van der Waals surface area contributed by atoms with E-state index >= 15 is 0 Å². The van der Waals surface area contributed by atoms with Gasteiger partial charge in [0.2, 0.25) is 0 Å². The Kier molecular flexibility index (Phi) is 6.04. The van der Waals surface area contributed by atoms with Gasteiger partial charge in [-0.2, -0.15) is 18.3 Å². The largest absolute Gasteiger partial charge is 0.465 e. The summed E-state index contributed by atoms with van der Waals surface area (Å²) in [4.78, 5) is 12.6.